The standard InChI is InChI=1S/C28H17FN6O6S/c29-20-9-1-2-10-21(20)32-26(36)24-23(16-6-4-8-18(13-16)35(40)41)19(14-30)25(31)33-27(37)22(42-28(24)33)12-15-5-3-7-17(11-15)34(38)39/h1-13,23H,31H2,(H,32,36)/b22-12-. The van der Waals surface area contributed by atoms with Crippen LogP contribution in [0.1, 0.15) is 17.0 Å². The Labute approximate surface area is 238 Å². The van der Waals surface area contributed by atoms with Gasteiger partial charge in [-0.05, 0) is 29.3 Å². The molecule has 0 bridgehead atoms. The summed E-state index contributed by atoms with van der Waals surface area (Å²) < 4.78 is 15.5. The van der Waals surface area contributed by atoms with Crippen molar-refractivity contribution < 1.29 is 19.0 Å². The minimum atomic E-state index is -1.26. The molecule has 0 spiro atoms. The van der Waals surface area contributed by atoms with E-state index in [-0.39, 0.29) is 48.8 Å². The molecule has 14 heteroatoms. The van der Waals surface area contributed by atoms with Crippen LogP contribution < -0.4 is 25.8 Å². The number of carbonyl (C=O) groups is 1. The second-order valence-corrected chi connectivity index (χ2v) is 9.98. The summed E-state index contributed by atoms with van der Waals surface area (Å²) in [4.78, 5) is 48.9. The summed E-state index contributed by atoms with van der Waals surface area (Å²) in [6.07, 6.45) is 1.37. The quantitative estimate of drug-likeness (QED) is 0.256. The molecule has 1 atom stereocenters. The zero-order valence-electron chi connectivity index (χ0n) is 21.2. The number of nitrogens with zero attached hydrogens (tertiary/aromatic N) is 4. The maximum atomic E-state index is 14.5. The van der Waals surface area contributed by atoms with Gasteiger partial charge in [0, 0.05) is 24.3 Å². The van der Waals surface area contributed by atoms with Crippen LogP contribution in [-0.2, 0) is 4.79 Å². The predicted molar refractivity (Wildman–Crippen MR) is 152 cm³/mol. The zero-order valence-corrected chi connectivity index (χ0v) is 22.0. The van der Waals surface area contributed by atoms with Crippen molar-refractivity contribution in [3.63, 3.8) is 0 Å². The minimum Gasteiger partial charge on any atom is -0.384 e. The molecular weight excluding hydrogens is 567 g/mol. The number of aromatic nitrogens is 1. The van der Waals surface area contributed by atoms with Gasteiger partial charge in [0.1, 0.15) is 16.3 Å². The van der Waals surface area contributed by atoms with Crippen molar-refractivity contribution in [2.75, 3.05) is 5.32 Å². The Morgan fingerprint density at radius 3 is 2.38 bits per heavy atom. The molecular formula is C28H17FN6O6S. The number of thiazole rings is 1. The highest BCUT2D eigenvalue weighted by molar-refractivity contribution is 7.07. The molecule has 3 N–H and O–H groups in total. The number of para-hydroxylation sites is 1. The van der Waals surface area contributed by atoms with E-state index < -0.39 is 33.0 Å². The Morgan fingerprint density at radius 1 is 1.05 bits per heavy atom. The van der Waals surface area contributed by atoms with Crippen LogP contribution in [0.4, 0.5) is 21.5 Å². The Balaban J connectivity index is 1.83. The summed E-state index contributed by atoms with van der Waals surface area (Å²) in [5, 5.41) is 35.3. The van der Waals surface area contributed by atoms with Crippen LogP contribution in [0.3, 0.4) is 0 Å². The van der Waals surface area contributed by atoms with E-state index in [4.69, 9.17) is 5.73 Å². The normalized spacial score (nSPS) is 14.7. The van der Waals surface area contributed by atoms with Crippen molar-refractivity contribution in [2.24, 2.45) is 5.73 Å². The summed E-state index contributed by atoms with van der Waals surface area (Å²) in [5.74, 6) is -3.18. The van der Waals surface area contributed by atoms with Gasteiger partial charge in [-0.1, -0.05) is 36.4 Å². The number of rotatable bonds is 6. The van der Waals surface area contributed by atoms with Gasteiger partial charge in [-0.25, -0.2) is 4.39 Å². The van der Waals surface area contributed by atoms with Crippen LogP contribution in [0, 0.1) is 37.4 Å². The summed E-state index contributed by atoms with van der Waals surface area (Å²) >= 11 is 0.823. The van der Waals surface area contributed by atoms with E-state index in [0.29, 0.717) is 5.56 Å². The highest BCUT2D eigenvalue weighted by Crippen LogP contribution is 2.38. The van der Waals surface area contributed by atoms with E-state index in [9.17, 15) is 39.5 Å². The number of nitrogens with two attached hydrogens (primary N) is 1. The Hall–Kier alpha value is -5.94. The molecule has 208 valence electrons. The fourth-order valence-electron chi connectivity index (χ4n) is 4.55. The number of fused-ring (bicyclic) bond motifs is 1. The van der Waals surface area contributed by atoms with Crippen molar-refractivity contribution in [1.82, 2.24) is 4.57 Å². The fourth-order valence-corrected chi connectivity index (χ4v) is 5.73. The molecule has 42 heavy (non-hydrogen) atoms. The second-order valence-electron chi connectivity index (χ2n) is 8.95. The molecule has 5 rings (SSSR count). The van der Waals surface area contributed by atoms with Crippen LogP contribution in [0.25, 0.3) is 17.5 Å². The zero-order chi connectivity index (χ0) is 30.1. The van der Waals surface area contributed by atoms with Gasteiger partial charge in [-0.15, -0.1) is 11.3 Å². The molecule has 4 aromatic rings. The first kappa shape index (κ1) is 27.6. The van der Waals surface area contributed by atoms with Crippen molar-refractivity contribution in [1.29, 1.82) is 5.26 Å². The van der Waals surface area contributed by atoms with Gasteiger partial charge in [0.2, 0.25) is 0 Å². The number of nitro benzene ring substituents is 2. The number of anilines is 1. The Morgan fingerprint density at radius 2 is 1.71 bits per heavy atom. The van der Waals surface area contributed by atoms with Gasteiger partial charge in [-0.3, -0.25) is 34.4 Å². The number of allylic oxidation sites excluding steroid dienone is 1. The lowest BCUT2D eigenvalue weighted by Crippen LogP contribution is -2.40. The van der Waals surface area contributed by atoms with Crippen molar-refractivity contribution in [3.05, 3.63) is 135 Å². The van der Waals surface area contributed by atoms with E-state index in [1.807, 2.05) is 6.07 Å². The highest BCUT2D eigenvalue weighted by atomic mass is 32.1. The SMILES string of the molecule is N#CC1=C(N)n2c(s/c(=C\c3cccc([N+](=O)[O-])c3)c2=O)=C(C(=O)Nc2ccccc2F)C1c1cccc([N+](=O)[O-])c1. The molecule has 1 amide bonds. The molecule has 1 aliphatic heterocycles. The Bertz CT molecular complexity index is 2080. The summed E-state index contributed by atoms with van der Waals surface area (Å²) in [5.41, 5.74) is 4.99. The number of benzene rings is 3. The van der Waals surface area contributed by atoms with Crippen LogP contribution in [0.2, 0.25) is 0 Å². The number of hydrogen-bond donors (Lipinski definition) is 2. The monoisotopic (exact) mass is 584 g/mol. The molecule has 1 aliphatic rings. The summed E-state index contributed by atoms with van der Waals surface area (Å²) in [7, 11) is 0. The number of nitro groups is 2. The second kappa shape index (κ2) is 10.9. The first-order valence-electron chi connectivity index (χ1n) is 12.0. The summed E-state index contributed by atoms with van der Waals surface area (Å²) in [6.45, 7) is 0. The number of halogens is 1. The molecule has 1 aromatic heterocycles. The number of non-ortho nitro benzene ring substituents is 2. The molecule has 2 heterocycles. The average Bonchev–Trinajstić information content (AvgIpc) is 3.29. The Kier molecular flexibility index (Phi) is 7.17. The maximum absolute atomic E-state index is 14.5. The average molecular weight is 585 g/mol. The lowest BCUT2D eigenvalue weighted by atomic mass is 9.83. The maximum Gasteiger partial charge on any atom is 0.274 e. The van der Waals surface area contributed by atoms with E-state index in [1.165, 1.54) is 72.8 Å². The van der Waals surface area contributed by atoms with Gasteiger partial charge in [0.05, 0.1) is 43.2 Å². The van der Waals surface area contributed by atoms with Crippen LogP contribution in [0.5, 0.6) is 0 Å². The van der Waals surface area contributed by atoms with Crippen LogP contribution in [-0.4, -0.2) is 20.3 Å². The number of nitriles is 1. The molecule has 0 saturated carbocycles. The van der Waals surface area contributed by atoms with Crippen LogP contribution >= 0.6 is 11.3 Å². The highest BCUT2D eigenvalue weighted by Gasteiger charge is 2.36. The van der Waals surface area contributed by atoms with Crippen LogP contribution in [0.15, 0.2) is 83.2 Å². The number of nitrogens with one attached hydrogen (secondary N) is 1. The lowest BCUT2D eigenvalue weighted by molar-refractivity contribution is -0.385. The fraction of sp³-hybridized carbons (Fsp3) is 0.0357. The predicted octanol–water partition coefficient (Wildman–Crippen LogP) is 2.93. The third kappa shape index (κ3) is 4.91. The van der Waals surface area contributed by atoms with E-state index >= 15 is 0 Å². The number of hydrogen-bond acceptors (Lipinski definition) is 9. The first-order valence-corrected chi connectivity index (χ1v) is 12.8. The molecule has 0 aliphatic carbocycles. The molecule has 0 saturated heterocycles. The van der Waals surface area contributed by atoms with Gasteiger partial charge in [-0.2, -0.15) is 5.26 Å². The largest absolute Gasteiger partial charge is 0.384 e. The van der Waals surface area contributed by atoms with Crippen molar-refractivity contribution >= 4 is 51.8 Å². The minimum absolute atomic E-state index is 0.00136. The molecule has 12 nitrogen and oxygen atoms in total. The molecule has 0 radical (unpaired) electrons. The molecule has 3 aromatic carbocycles. The van der Waals surface area contributed by atoms with Crippen molar-refractivity contribution in [2.45, 2.75) is 5.92 Å². The smallest absolute Gasteiger partial charge is 0.274 e. The van der Waals surface area contributed by atoms with Crippen molar-refractivity contribution in [3.8, 4) is 6.07 Å². The van der Waals surface area contributed by atoms with Gasteiger partial charge in [0.15, 0.2) is 0 Å². The number of amides is 1. The lowest BCUT2D eigenvalue weighted by Gasteiger charge is -2.25. The van der Waals surface area contributed by atoms with E-state index in [0.717, 1.165) is 22.0 Å². The molecule has 1 unspecified atom stereocenters. The van der Waals surface area contributed by atoms with E-state index in [2.05, 4.69) is 5.32 Å². The molecule has 0 fully saturated rings. The first-order chi connectivity index (χ1) is 20.1. The number of carbonyl (C=O) groups excluding carboxylic acids is 1. The third-order valence-electron chi connectivity index (χ3n) is 6.43. The third-order valence-corrected chi connectivity index (χ3v) is 7.54. The topological polar surface area (TPSA) is 187 Å². The van der Waals surface area contributed by atoms with E-state index in [1.54, 1.807) is 0 Å². The van der Waals surface area contributed by atoms with Gasteiger partial charge < -0.3 is 11.1 Å². The van der Waals surface area contributed by atoms with Gasteiger partial charge >= 0.3 is 0 Å². The summed E-state index contributed by atoms with van der Waals surface area (Å²) in [6, 6.07) is 18.1. The van der Waals surface area contributed by atoms with Gasteiger partial charge in [0.25, 0.3) is 22.8 Å².